The molecule has 0 aliphatic heterocycles. The first kappa shape index (κ1) is 19.0. The molecule has 2 N–H and O–H groups in total. The smallest absolute Gasteiger partial charge is 0.241 e. The quantitative estimate of drug-likeness (QED) is 0.793. The van der Waals surface area contributed by atoms with Crippen LogP contribution in [0.4, 0.5) is 5.69 Å². The summed E-state index contributed by atoms with van der Waals surface area (Å²) in [7, 11) is -3.75. The Morgan fingerprint density at radius 3 is 2.48 bits per heavy atom. The number of rotatable bonds is 7. The predicted octanol–water partition coefficient (Wildman–Crippen LogP) is 2.62. The van der Waals surface area contributed by atoms with Crippen LogP contribution in [0.3, 0.4) is 0 Å². The van der Waals surface area contributed by atoms with Crippen LogP contribution in [-0.4, -0.2) is 27.5 Å². The highest BCUT2D eigenvalue weighted by atomic mass is 32.2. The number of ether oxygens (including phenoxy) is 1. The van der Waals surface area contributed by atoms with Crippen molar-refractivity contribution in [2.75, 3.05) is 18.5 Å². The molecule has 0 radical (unpaired) electrons. The first-order valence-electron chi connectivity index (χ1n) is 7.92. The lowest BCUT2D eigenvalue weighted by Crippen LogP contribution is -2.33. The van der Waals surface area contributed by atoms with E-state index < -0.39 is 15.9 Å². The fourth-order valence-electron chi connectivity index (χ4n) is 2.17. The molecule has 0 bridgehead atoms. The topological polar surface area (TPSA) is 84.5 Å². The van der Waals surface area contributed by atoms with Crippen LogP contribution in [-0.2, 0) is 14.8 Å². The maximum Gasteiger partial charge on any atom is 0.241 e. The van der Waals surface area contributed by atoms with Gasteiger partial charge in [-0.3, -0.25) is 4.79 Å². The van der Waals surface area contributed by atoms with Gasteiger partial charge in [0.15, 0.2) is 0 Å². The zero-order chi connectivity index (χ0) is 18.4. The third-order valence-corrected chi connectivity index (χ3v) is 5.07. The molecular formula is C18H22N2O4S. The number of benzene rings is 2. The van der Waals surface area contributed by atoms with E-state index in [0.29, 0.717) is 18.0 Å². The number of anilines is 1. The Bertz CT molecular complexity index is 863. The van der Waals surface area contributed by atoms with Gasteiger partial charge < -0.3 is 10.1 Å². The molecule has 2 aromatic carbocycles. The van der Waals surface area contributed by atoms with Gasteiger partial charge in [-0.25, -0.2) is 13.1 Å². The summed E-state index contributed by atoms with van der Waals surface area (Å²) in [5.41, 5.74) is 2.38. The Morgan fingerprint density at radius 1 is 1.08 bits per heavy atom. The summed E-state index contributed by atoms with van der Waals surface area (Å²) in [6.45, 7) is 5.69. The highest BCUT2D eigenvalue weighted by molar-refractivity contribution is 7.89. The van der Waals surface area contributed by atoms with Crippen molar-refractivity contribution in [3.05, 3.63) is 53.6 Å². The molecule has 2 aromatic rings. The first-order valence-corrected chi connectivity index (χ1v) is 9.40. The van der Waals surface area contributed by atoms with Crippen molar-refractivity contribution in [1.82, 2.24) is 4.72 Å². The third-order valence-electron chi connectivity index (χ3n) is 3.67. The maximum absolute atomic E-state index is 12.3. The number of carbonyl (C=O) groups is 1. The monoisotopic (exact) mass is 362 g/mol. The Kier molecular flexibility index (Phi) is 6.17. The lowest BCUT2D eigenvalue weighted by Gasteiger charge is -2.12. The molecule has 0 atom stereocenters. The van der Waals surface area contributed by atoms with Gasteiger partial charge in [0.25, 0.3) is 0 Å². The molecule has 0 aliphatic carbocycles. The van der Waals surface area contributed by atoms with Gasteiger partial charge in [-0.1, -0.05) is 18.2 Å². The minimum atomic E-state index is -3.75. The number of amides is 1. The minimum Gasteiger partial charge on any atom is -0.492 e. The van der Waals surface area contributed by atoms with Gasteiger partial charge in [0.1, 0.15) is 5.75 Å². The van der Waals surface area contributed by atoms with E-state index in [1.807, 2.05) is 20.8 Å². The van der Waals surface area contributed by atoms with Crippen LogP contribution >= 0.6 is 0 Å². The van der Waals surface area contributed by atoms with Crippen LogP contribution in [0.15, 0.2) is 47.4 Å². The molecule has 0 fully saturated rings. The molecule has 6 nitrogen and oxygen atoms in total. The molecule has 0 heterocycles. The van der Waals surface area contributed by atoms with E-state index in [4.69, 9.17) is 4.74 Å². The number of aryl methyl sites for hydroxylation is 2. The molecule has 7 heteroatoms. The molecule has 0 unspecified atom stereocenters. The van der Waals surface area contributed by atoms with Crippen LogP contribution in [0, 0.1) is 13.8 Å². The minimum absolute atomic E-state index is 0.137. The second kappa shape index (κ2) is 8.13. The molecule has 25 heavy (non-hydrogen) atoms. The highest BCUT2D eigenvalue weighted by Gasteiger charge is 2.16. The second-order valence-electron chi connectivity index (χ2n) is 5.55. The largest absolute Gasteiger partial charge is 0.492 e. The molecule has 0 aliphatic rings. The molecule has 0 aromatic heterocycles. The third kappa shape index (κ3) is 5.04. The van der Waals surface area contributed by atoms with Crippen LogP contribution in [0.2, 0.25) is 0 Å². The van der Waals surface area contributed by atoms with Crippen molar-refractivity contribution in [2.24, 2.45) is 0 Å². The molecule has 0 spiro atoms. The fourth-order valence-corrected chi connectivity index (χ4v) is 3.24. The number of carbonyl (C=O) groups excluding carboxylic acids is 1. The second-order valence-corrected chi connectivity index (χ2v) is 7.31. The molecule has 134 valence electrons. The van der Waals surface area contributed by atoms with E-state index in [1.54, 1.807) is 36.4 Å². The normalized spacial score (nSPS) is 11.2. The lowest BCUT2D eigenvalue weighted by atomic mass is 10.1. The van der Waals surface area contributed by atoms with Crippen molar-refractivity contribution in [3.63, 3.8) is 0 Å². The fraction of sp³-hybridized carbons (Fsp3) is 0.278. The van der Waals surface area contributed by atoms with Crippen LogP contribution in [0.5, 0.6) is 5.75 Å². The van der Waals surface area contributed by atoms with E-state index in [2.05, 4.69) is 10.0 Å². The van der Waals surface area contributed by atoms with Crippen molar-refractivity contribution in [2.45, 2.75) is 25.7 Å². The number of nitrogens with one attached hydrogen (secondary N) is 2. The Hall–Kier alpha value is -2.38. The molecule has 0 saturated heterocycles. The predicted molar refractivity (Wildman–Crippen MR) is 97.3 cm³/mol. The van der Waals surface area contributed by atoms with Crippen LogP contribution in [0.1, 0.15) is 18.1 Å². The van der Waals surface area contributed by atoms with Crippen molar-refractivity contribution >= 4 is 21.6 Å². The van der Waals surface area contributed by atoms with Crippen molar-refractivity contribution < 1.29 is 17.9 Å². The number of hydrogen-bond donors (Lipinski definition) is 2. The van der Waals surface area contributed by atoms with E-state index in [0.717, 1.165) is 11.1 Å². The standard InChI is InChI=1S/C18H22N2O4S/c1-4-24-17-8-6-5-7-16(17)20-18(21)12-19-25(22,23)15-10-9-13(2)14(3)11-15/h5-11,19H,4,12H2,1-3H3,(H,20,21). The zero-order valence-electron chi connectivity index (χ0n) is 14.5. The average molecular weight is 362 g/mol. The van der Waals surface area contributed by atoms with Crippen molar-refractivity contribution in [1.29, 1.82) is 0 Å². The molecular weight excluding hydrogens is 340 g/mol. The number of para-hydroxylation sites is 2. The summed E-state index contributed by atoms with van der Waals surface area (Å²) in [6, 6.07) is 11.8. The molecule has 0 saturated carbocycles. The molecule has 2 rings (SSSR count). The Balaban J connectivity index is 2.03. The summed E-state index contributed by atoms with van der Waals surface area (Å²) in [6.07, 6.45) is 0. The lowest BCUT2D eigenvalue weighted by molar-refractivity contribution is -0.115. The van der Waals surface area contributed by atoms with Gasteiger partial charge in [-0.05, 0) is 56.2 Å². The summed E-state index contributed by atoms with van der Waals surface area (Å²) >= 11 is 0. The number of hydrogen-bond acceptors (Lipinski definition) is 4. The zero-order valence-corrected chi connectivity index (χ0v) is 15.3. The van der Waals surface area contributed by atoms with Crippen molar-refractivity contribution in [3.8, 4) is 5.75 Å². The van der Waals surface area contributed by atoms with E-state index >= 15 is 0 Å². The highest BCUT2D eigenvalue weighted by Crippen LogP contribution is 2.23. The molecule has 1 amide bonds. The van der Waals surface area contributed by atoms with Gasteiger partial charge >= 0.3 is 0 Å². The van der Waals surface area contributed by atoms with Gasteiger partial charge in [0.2, 0.25) is 15.9 Å². The summed E-state index contributed by atoms with van der Waals surface area (Å²) < 4.78 is 32.3. The van der Waals surface area contributed by atoms with Gasteiger partial charge in [-0.15, -0.1) is 0 Å². The van der Waals surface area contributed by atoms with Gasteiger partial charge in [0.05, 0.1) is 23.7 Å². The Morgan fingerprint density at radius 2 is 1.80 bits per heavy atom. The van der Waals surface area contributed by atoms with E-state index in [-0.39, 0.29) is 11.4 Å². The number of sulfonamides is 1. The SMILES string of the molecule is CCOc1ccccc1NC(=O)CNS(=O)(=O)c1ccc(C)c(C)c1. The van der Waals surface area contributed by atoms with E-state index in [9.17, 15) is 13.2 Å². The van der Waals surface area contributed by atoms with E-state index in [1.165, 1.54) is 6.07 Å². The Labute approximate surface area is 148 Å². The summed E-state index contributed by atoms with van der Waals surface area (Å²) in [4.78, 5) is 12.2. The summed E-state index contributed by atoms with van der Waals surface area (Å²) in [5.74, 6) is 0.0647. The van der Waals surface area contributed by atoms with Gasteiger partial charge in [0, 0.05) is 0 Å². The first-order chi connectivity index (χ1) is 11.8. The average Bonchev–Trinajstić information content (AvgIpc) is 2.57. The summed E-state index contributed by atoms with van der Waals surface area (Å²) in [5, 5.41) is 2.65. The van der Waals surface area contributed by atoms with Crippen LogP contribution in [0.25, 0.3) is 0 Å². The maximum atomic E-state index is 12.3. The van der Waals surface area contributed by atoms with Gasteiger partial charge in [-0.2, -0.15) is 0 Å². The van der Waals surface area contributed by atoms with Crippen LogP contribution < -0.4 is 14.8 Å².